The molecule has 1 aromatic heterocycles. The van der Waals surface area contributed by atoms with Crippen LogP contribution in [0.1, 0.15) is 37.7 Å². The molecule has 1 heterocycles. The molecular formula is C17H19NO2. The summed E-state index contributed by atoms with van der Waals surface area (Å²) in [6.45, 7) is 0. The number of rotatable bonds is 3. The molecule has 1 N–H and O–H groups in total. The van der Waals surface area contributed by atoms with Gasteiger partial charge in [0.25, 0.3) is 0 Å². The summed E-state index contributed by atoms with van der Waals surface area (Å²) in [7, 11) is 0. The van der Waals surface area contributed by atoms with E-state index in [0.717, 1.165) is 48.6 Å². The van der Waals surface area contributed by atoms with Gasteiger partial charge in [-0.25, -0.2) is 0 Å². The van der Waals surface area contributed by atoms with Gasteiger partial charge in [0.1, 0.15) is 0 Å². The van der Waals surface area contributed by atoms with E-state index in [1.165, 1.54) is 0 Å². The molecular weight excluding hydrogens is 250 g/mol. The first kappa shape index (κ1) is 13.1. The summed E-state index contributed by atoms with van der Waals surface area (Å²) in [6, 6.07) is 9.94. The summed E-state index contributed by atoms with van der Waals surface area (Å²) in [6.07, 6.45) is 7.19. The van der Waals surface area contributed by atoms with Gasteiger partial charge in [-0.15, -0.1) is 0 Å². The third-order valence-electron chi connectivity index (χ3n) is 4.53. The summed E-state index contributed by atoms with van der Waals surface area (Å²) in [5.74, 6) is -0.641. The van der Waals surface area contributed by atoms with Gasteiger partial charge < -0.3 is 5.11 Å². The first-order valence-electron chi connectivity index (χ1n) is 7.27. The highest BCUT2D eigenvalue weighted by Crippen LogP contribution is 2.40. The molecule has 1 aliphatic rings. The first-order chi connectivity index (χ1) is 9.71. The van der Waals surface area contributed by atoms with Gasteiger partial charge in [-0.05, 0) is 37.0 Å². The second-order valence-electron chi connectivity index (χ2n) is 5.81. The number of carbonyl (C=O) groups is 1. The van der Waals surface area contributed by atoms with Crippen molar-refractivity contribution in [2.75, 3.05) is 0 Å². The van der Waals surface area contributed by atoms with E-state index in [1.54, 1.807) is 6.20 Å². The lowest BCUT2D eigenvalue weighted by Crippen LogP contribution is -2.35. The fraction of sp³-hybridized carbons (Fsp3) is 0.412. The summed E-state index contributed by atoms with van der Waals surface area (Å²) in [4.78, 5) is 16.2. The van der Waals surface area contributed by atoms with Crippen molar-refractivity contribution < 1.29 is 9.90 Å². The van der Waals surface area contributed by atoms with Crippen molar-refractivity contribution in [2.45, 2.75) is 38.5 Å². The zero-order valence-corrected chi connectivity index (χ0v) is 11.5. The maximum absolute atomic E-state index is 11.8. The molecule has 0 radical (unpaired) electrons. The van der Waals surface area contributed by atoms with E-state index < -0.39 is 11.4 Å². The number of hydrogen-bond acceptors (Lipinski definition) is 2. The second-order valence-corrected chi connectivity index (χ2v) is 5.81. The Hall–Kier alpha value is -1.90. The van der Waals surface area contributed by atoms with Gasteiger partial charge >= 0.3 is 5.97 Å². The Bertz CT molecular complexity index is 624. The molecule has 3 rings (SSSR count). The second kappa shape index (κ2) is 5.23. The Morgan fingerprint density at radius 2 is 1.90 bits per heavy atom. The Morgan fingerprint density at radius 3 is 2.65 bits per heavy atom. The number of carboxylic acids is 1. The third-order valence-corrected chi connectivity index (χ3v) is 4.53. The minimum absolute atomic E-state index is 0.581. The van der Waals surface area contributed by atoms with Crippen molar-refractivity contribution in [3.8, 4) is 0 Å². The van der Waals surface area contributed by atoms with Crippen LogP contribution in [0.15, 0.2) is 36.5 Å². The van der Waals surface area contributed by atoms with Crippen LogP contribution in [0, 0.1) is 5.41 Å². The van der Waals surface area contributed by atoms with Gasteiger partial charge in [-0.3, -0.25) is 9.78 Å². The highest BCUT2D eigenvalue weighted by molar-refractivity contribution is 5.83. The van der Waals surface area contributed by atoms with E-state index in [0.29, 0.717) is 6.42 Å². The lowest BCUT2D eigenvalue weighted by Gasteiger charge is -2.33. The fourth-order valence-corrected chi connectivity index (χ4v) is 3.37. The fourth-order valence-electron chi connectivity index (χ4n) is 3.37. The lowest BCUT2D eigenvalue weighted by atomic mass is 9.70. The van der Waals surface area contributed by atoms with Gasteiger partial charge in [-0.1, -0.05) is 37.5 Å². The predicted octanol–water partition coefficient (Wildman–Crippen LogP) is 3.81. The number of aromatic nitrogens is 1. The molecule has 1 aromatic carbocycles. The smallest absolute Gasteiger partial charge is 0.309 e. The molecule has 104 valence electrons. The van der Waals surface area contributed by atoms with Crippen molar-refractivity contribution in [3.63, 3.8) is 0 Å². The van der Waals surface area contributed by atoms with Gasteiger partial charge in [0.05, 0.1) is 10.9 Å². The van der Waals surface area contributed by atoms with Crippen molar-refractivity contribution in [1.29, 1.82) is 0 Å². The zero-order valence-electron chi connectivity index (χ0n) is 11.5. The molecule has 1 saturated carbocycles. The van der Waals surface area contributed by atoms with E-state index in [9.17, 15) is 9.90 Å². The number of hydrogen-bond donors (Lipinski definition) is 1. The summed E-state index contributed by atoms with van der Waals surface area (Å²) < 4.78 is 0. The molecule has 3 heteroatoms. The maximum atomic E-state index is 11.8. The molecule has 0 unspecified atom stereocenters. The quantitative estimate of drug-likeness (QED) is 0.921. The molecule has 0 aliphatic heterocycles. The summed E-state index contributed by atoms with van der Waals surface area (Å²) in [5, 5.41) is 10.8. The number of carboxylic acid groups (broad SMARTS) is 1. The first-order valence-corrected chi connectivity index (χ1v) is 7.27. The molecule has 0 spiro atoms. The van der Waals surface area contributed by atoms with E-state index in [4.69, 9.17) is 0 Å². The minimum Gasteiger partial charge on any atom is -0.481 e. The lowest BCUT2D eigenvalue weighted by molar-refractivity contribution is -0.151. The number of aliphatic carboxylic acids is 1. The topological polar surface area (TPSA) is 50.2 Å². The Labute approximate surface area is 118 Å². The van der Waals surface area contributed by atoms with Crippen molar-refractivity contribution in [2.24, 2.45) is 5.41 Å². The third kappa shape index (κ3) is 2.28. The Balaban J connectivity index is 2.00. The van der Waals surface area contributed by atoms with Gasteiger partial charge in [0.15, 0.2) is 0 Å². The van der Waals surface area contributed by atoms with Crippen LogP contribution in [-0.2, 0) is 11.2 Å². The van der Waals surface area contributed by atoms with Crippen molar-refractivity contribution in [1.82, 2.24) is 4.98 Å². The molecule has 0 atom stereocenters. The van der Waals surface area contributed by atoms with Gasteiger partial charge in [-0.2, -0.15) is 0 Å². The zero-order chi connectivity index (χ0) is 14.0. The normalized spacial score (nSPS) is 18.0. The highest BCUT2D eigenvalue weighted by atomic mass is 16.4. The minimum atomic E-state index is -0.641. The van der Waals surface area contributed by atoms with Crippen molar-refractivity contribution in [3.05, 3.63) is 42.1 Å². The van der Waals surface area contributed by atoms with Crippen LogP contribution >= 0.6 is 0 Å². The average molecular weight is 269 g/mol. The van der Waals surface area contributed by atoms with Crippen LogP contribution in [0.4, 0.5) is 0 Å². The van der Waals surface area contributed by atoms with E-state index in [-0.39, 0.29) is 0 Å². The molecule has 1 aliphatic carbocycles. The van der Waals surface area contributed by atoms with E-state index in [2.05, 4.69) is 4.98 Å². The summed E-state index contributed by atoms with van der Waals surface area (Å²) >= 11 is 0. The molecule has 0 amide bonds. The van der Waals surface area contributed by atoms with Crippen LogP contribution in [0.3, 0.4) is 0 Å². The van der Waals surface area contributed by atoms with Crippen LogP contribution in [-0.4, -0.2) is 16.1 Å². The standard InChI is InChI=1S/C17H19NO2/c19-16(20)17(9-4-1-5-10-17)12-13-8-11-18-15-7-3-2-6-14(13)15/h2-3,6-8,11H,1,4-5,9-10,12H2,(H,19,20). The highest BCUT2D eigenvalue weighted by Gasteiger charge is 2.39. The van der Waals surface area contributed by atoms with Crippen LogP contribution < -0.4 is 0 Å². The van der Waals surface area contributed by atoms with Crippen LogP contribution in [0.2, 0.25) is 0 Å². The SMILES string of the molecule is O=C(O)C1(Cc2ccnc3ccccc23)CCCCC1. The van der Waals surface area contributed by atoms with Crippen molar-refractivity contribution >= 4 is 16.9 Å². The number of benzene rings is 1. The van der Waals surface area contributed by atoms with E-state index >= 15 is 0 Å². The molecule has 3 nitrogen and oxygen atoms in total. The van der Waals surface area contributed by atoms with Gasteiger partial charge in [0, 0.05) is 11.6 Å². The summed E-state index contributed by atoms with van der Waals surface area (Å²) in [5.41, 5.74) is 1.48. The molecule has 20 heavy (non-hydrogen) atoms. The Kier molecular flexibility index (Phi) is 3.43. The molecule has 1 fully saturated rings. The number of para-hydroxylation sites is 1. The maximum Gasteiger partial charge on any atom is 0.309 e. The predicted molar refractivity (Wildman–Crippen MR) is 78.6 cm³/mol. The molecule has 0 bridgehead atoms. The van der Waals surface area contributed by atoms with Gasteiger partial charge in [0.2, 0.25) is 0 Å². The Morgan fingerprint density at radius 1 is 1.15 bits per heavy atom. The molecule has 0 saturated heterocycles. The number of fused-ring (bicyclic) bond motifs is 1. The largest absolute Gasteiger partial charge is 0.481 e. The average Bonchev–Trinajstić information content (AvgIpc) is 2.48. The van der Waals surface area contributed by atoms with Crippen LogP contribution in [0.5, 0.6) is 0 Å². The number of pyridine rings is 1. The molecule has 2 aromatic rings. The van der Waals surface area contributed by atoms with E-state index in [1.807, 2.05) is 30.3 Å². The number of nitrogens with zero attached hydrogens (tertiary/aromatic N) is 1. The monoisotopic (exact) mass is 269 g/mol. The van der Waals surface area contributed by atoms with Crippen LogP contribution in [0.25, 0.3) is 10.9 Å².